The van der Waals surface area contributed by atoms with Gasteiger partial charge in [0.1, 0.15) is 5.54 Å². The maximum Gasteiger partial charge on any atom is 0.241 e. The van der Waals surface area contributed by atoms with Gasteiger partial charge in [0.15, 0.2) is 0 Å². The summed E-state index contributed by atoms with van der Waals surface area (Å²) in [7, 11) is 0. The van der Waals surface area contributed by atoms with E-state index in [9.17, 15) is 4.79 Å². The van der Waals surface area contributed by atoms with Crippen molar-refractivity contribution in [2.75, 3.05) is 13.2 Å². The Balaban J connectivity index is 0.00000180. The first-order valence-corrected chi connectivity index (χ1v) is 7.00. The highest BCUT2D eigenvalue weighted by atomic mass is 35.5. The smallest absolute Gasteiger partial charge is 0.241 e. The molecular weight excluding hydrogens is 264 g/mol. The van der Waals surface area contributed by atoms with Crippen LogP contribution >= 0.6 is 12.4 Å². The van der Waals surface area contributed by atoms with Crippen molar-refractivity contribution in [2.45, 2.75) is 52.2 Å². The van der Waals surface area contributed by atoms with Crippen LogP contribution in [0.1, 0.15) is 40.5 Å². The molecule has 3 N–H and O–H groups in total. The van der Waals surface area contributed by atoms with Crippen molar-refractivity contribution in [1.82, 2.24) is 5.32 Å². The third kappa shape index (κ3) is 2.39. The van der Waals surface area contributed by atoms with Crippen LogP contribution in [0.4, 0.5) is 0 Å². The summed E-state index contributed by atoms with van der Waals surface area (Å²) in [6.07, 6.45) is 2.15. The van der Waals surface area contributed by atoms with Crippen LogP contribution in [0.2, 0.25) is 0 Å². The maximum absolute atomic E-state index is 12.4. The second-order valence-electron chi connectivity index (χ2n) is 6.73. The van der Waals surface area contributed by atoms with E-state index in [0.29, 0.717) is 12.5 Å². The number of halogens is 1. The summed E-state index contributed by atoms with van der Waals surface area (Å²) < 4.78 is 5.80. The Bertz CT molecular complexity index is 346. The lowest BCUT2D eigenvalue weighted by molar-refractivity contribution is -0.225. The van der Waals surface area contributed by atoms with Gasteiger partial charge in [0.2, 0.25) is 5.91 Å². The van der Waals surface area contributed by atoms with Gasteiger partial charge >= 0.3 is 0 Å². The molecule has 0 aromatic rings. The molecular formula is C14H27ClN2O2. The quantitative estimate of drug-likeness (QED) is 0.832. The molecule has 0 radical (unpaired) electrons. The average Bonchev–Trinajstić information content (AvgIpc) is 2.34. The number of hydrogen-bond acceptors (Lipinski definition) is 3. The van der Waals surface area contributed by atoms with E-state index in [2.05, 4.69) is 33.0 Å². The van der Waals surface area contributed by atoms with Crippen molar-refractivity contribution in [3.63, 3.8) is 0 Å². The minimum atomic E-state index is -0.771. The van der Waals surface area contributed by atoms with Gasteiger partial charge in [-0.15, -0.1) is 12.4 Å². The molecule has 112 valence electrons. The van der Waals surface area contributed by atoms with Crippen LogP contribution in [-0.2, 0) is 9.53 Å². The molecule has 1 amide bonds. The maximum atomic E-state index is 12.4. The van der Waals surface area contributed by atoms with E-state index in [1.165, 1.54) is 0 Å². The van der Waals surface area contributed by atoms with E-state index < -0.39 is 5.54 Å². The summed E-state index contributed by atoms with van der Waals surface area (Å²) in [6.45, 7) is 9.76. The van der Waals surface area contributed by atoms with E-state index in [1.807, 2.05) is 0 Å². The molecule has 3 atom stereocenters. The molecule has 1 aliphatic heterocycles. The Morgan fingerprint density at radius 3 is 2.68 bits per heavy atom. The van der Waals surface area contributed by atoms with Crippen LogP contribution in [0.3, 0.4) is 0 Å². The summed E-state index contributed by atoms with van der Waals surface area (Å²) in [5, 5.41) is 2.99. The largest absolute Gasteiger partial charge is 0.377 e. The van der Waals surface area contributed by atoms with Gasteiger partial charge in [-0.3, -0.25) is 4.79 Å². The first-order valence-electron chi connectivity index (χ1n) is 7.00. The summed E-state index contributed by atoms with van der Waals surface area (Å²) in [5.74, 6) is 0.612. The van der Waals surface area contributed by atoms with Crippen molar-refractivity contribution in [3.05, 3.63) is 0 Å². The average molecular weight is 291 g/mol. The standard InChI is InChI=1S/C14H26N2O2.ClH/c1-9(2)8-16-12(17)14(15)10-6-5-7-18-11(10)13(14,3)4;/h9-11H,5-8,15H2,1-4H3,(H,16,17);1H. The van der Waals surface area contributed by atoms with Crippen molar-refractivity contribution in [1.29, 1.82) is 0 Å². The Kier molecular flexibility index (Phi) is 4.92. The van der Waals surface area contributed by atoms with Crippen LogP contribution < -0.4 is 11.1 Å². The molecule has 5 heteroatoms. The van der Waals surface area contributed by atoms with Gasteiger partial charge in [-0.05, 0) is 18.8 Å². The van der Waals surface area contributed by atoms with Crippen molar-refractivity contribution >= 4 is 18.3 Å². The van der Waals surface area contributed by atoms with Crippen LogP contribution in [0.5, 0.6) is 0 Å². The molecule has 4 nitrogen and oxygen atoms in total. The molecule has 2 rings (SSSR count). The second-order valence-corrected chi connectivity index (χ2v) is 6.73. The van der Waals surface area contributed by atoms with Crippen LogP contribution in [0, 0.1) is 17.3 Å². The molecule has 0 aromatic carbocycles. The predicted molar refractivity (Wildman–Crippen MR) is 78.3 cm³/mol. The number of hydrogen-bond donors (Lipinski definition) is 2. The lowest BCUT2D eigenvalue weighted by Crippen LogP contribution is -2.82. The number of ether oxygens (including phenoxy) is 1. The van der Waals surface area contributed by atoms with Crippen molar-refractivity contribution < 1.29 is 9.53 Å². The molecule has 19 heavy (non-hydrogen) atoms. The number of amides is 1. The SMILES string of the molecule is CC(C)CNC(=O)C1(N)C2CCCOC2C1(C)C.Cl. The van der Waals surface area contributed by atoms with Crippen LogP contribution in [0.25, 0.3) is 0 Å². The topological polar surface area (TPSA) is 64.4 Å². The Morgan fingerprint density at radius 1 is 1.47 bits per heavy atom. The van der Waals surface area contributed by atoms with E-state index >= 15 is 0 Å². The van der Waals surface area contributed by atoms with Gasteiger partial charge in [-0.2, -0.15) is 0 Å². The highest BCUT2D eigenvalue weighted by molar-refractivity contribution is 5.89. The highest BCUT2D eigenvalue weighted by Crippen LogP contribution is 2.57. The van der Waals surface area contributed by atoms with Gasteiger partial charge in [0, 0.05) is 24.5 Å². The zero-order chi connectivity index (χ0) is 13.6. The van der Waals surface area contributed by atoms with E-state index in [0.717, 1.165) is 19.4 Å². The zero-order valence-electron chi connectivity index (χ0n) is 12.4. The van der Waals surface area contributed by atoms with E-state index in [1.54, 1.807) is 0 Å². The number of carbonyl (C=O) groups excluding carboxylic acids is 1. The Hall–Kier alpha value is -0.320. The summed E-state index contributed by atoms with van der Waals surface area (Å²) in [4.78, 5) is 12.4. The normalized spacial score (nSPS) is 35.9. The molecule has 0 bridgehead atoms. The number of nitrogens with two attached hydrogens (primary N) is 1. The minimum Gasteiger partial charge on any atom is -0.377 e. The number of rotatable bonds is 3. The van der Waals surface area contributed by atoms with Crippen molar-refractivity contribution in [2.24, 2.45) is 23.0 Å². The van der Waals surface area contributed by atoms with Gasteiger partial charge in [0.05, 0.1) is 6.10 Å². The summed E-state index contributed by atoms with van der Waals surface area (Å²) in [5.41, 5.74) is 5.42. The molecule has 0 spiro atoms. The summed E-state index contributed by atoms with van der Waals surface area (Å²) >= 11 is 0. The Labute approximate surface area is 122 Å². The highest BCUT2D eigenvalue weighted by Gasteiger charge is 2.70. The monoisotopic (exact) mass is 290 g/mol. The number of nitrogens with one attached hydrogen (secondary N) is 1. The number of carbonyl (C=O) groups is 1. The molecule has 2 aliphatic rings. The molecule has 3 unspecified atom stereocenters. The molecule has 1 saturated carbocycles. The van der Waals surface area contributed by atoms with E-state index in [4.69, 9.17) is 10.5 Å². The lowest BCUT2D eigenvalue weighted by Gasteiger charge is -2.65. The molecule has 1 aliphatic carbocycles. The van der Waals surface area contributed by atoms with Gasteiger partial charge < -0.3 is 15.8 Å². The number of fused-ring (bicyclic) bond motifs is 1. The third-order valence-electron chi connectivity index (χ3n) is 4.73. The third-order valence-corrected chi connectivity index (χ3v) is 4.73. The fourth-order valence-electron chi connectivity index (χ4n) is 3.48. The molecule has 2 fully saturated rings. The second kappa shape index (κ2) is 5.58. The lowest BCUT2D eigenvalue weighted by atomic mass is 9.46. The molecule has 1 saturated heterocycles. The minimum absolute atomic E-state index is 0. The van der Waals surface area contributed by atoms with Gasteiger partial charge in [-0.1, -0.05) is 27.7 Å². The molecule has 1 heterocycles. The zero-order valence-corrected chi connectivity index (χ0v) is 13.2. The fraction of sp³-hybridized carbons (Fsp3) is 0.929. The van der Waals surface area contributed by atoms with Crippen LogP contribution in [0.15, 0.2) is 0 Å². The first-order chi connectivity index (χ1) is 8.31. The van der Waals surface area contributed by atoms with Gasteiger partial charge in [0.25, 0.3) is 0 Å². The van der Waals surface area contributed by atoms with Crippen LogP contribution in [-0.4, -0.2) is 30.7 Å². The molecule has 0 aromatic heterocycles. The Morgan fingerprint density at radius 2 is 2.11 bits per heavy atom. The van der Waals surface area contributed by atoms with E-state index in [-0.39, 0.29) is 35.8 Å². The predicted octanol–water partition coefficient (Wildman–Crippen LogP) is 1.71. The summed E-state index contributed by atoms with van der Waals surface area (Å²) in [6, 6.07) is 0. The fourth-order valence-corrected chi connectivity index (χ4v) is 3.48. The first kappa shape index (κ1) is 16.7. The van der Waals surface area contributed by atoms with Crippen molar-refractivity contribution in [3.8, 4) is 0 Å². The van der Waals surface area contributed by atoms with Gasteiger partial charge in [-0.25, -0.2) is 0 Å².